The van der Waals surface area contributed by atoms with E-state index in [2.05, 4.69) is 0 Å². The van der Waals surface area contributed by atoms with Crippen molar-refractivity contribution in [1.29, 1.82) is 0 Å². The van der Waals surface area contributed by atoms with Gasteiger partial charge in [-0.2, -0.15) is 0 Å². The lowest BCUT2D eigenvalue weighted by Gasteiger charge is -2.03. The summed E-state index contributed by atoms with van der Waals surface area (Å²) >= 11 is 0. The van der Waals surface area contributed by atoms with Gasteiger partial charge in [-0.3, -0.25) is 10.1 Å². The predicted octanol–water partition coefficient (Wildman–Crippen LogP) is 3.77. The van der Waals surface area contributed by atoms with Gasteiger partial charge in [-0.15, -0.1) is 0 Å². The normalized spacial score (nSPS) is 10.6. The van der Waals surface area contributed by atoms with E-state index in [4.69, 9.17) is 4.74 Å². The molecule has 0 bridgehead atoms. The summed E-state index contributed by atoms with van der Waals surface area (Å²) in [7, 11) is 1.59. The van der Waals surface area contributed by atoms with Crippen LogP contribution in [0.25, 0.3) is 12.2 Å². The van der Waals surface area contributed by atoms with Crippen molar-refractivity contribution in [3.8, 4) is 5.75 Å². The van der Waals surface area contributed by atoms with Crippen LogP contribution in [0.2, 0.25) is 0 Å². The summed E-state index contributed by atoms with van der Waals surface area (Å²) in [6.45, 7) is 0. The molecular formula is C15H13NO3. The van der Waals surface area contributed by atoms with E-state index in [1.165, 1.54) is 6.07 Å². The molecule has 0 aliphatic rings. The first-order valence-corrected chi connectivity index (χ1v) is 5.77. The second kappa shape index (κ2) is 5.82. The number of rotatable bonds is 4. The standard InChI is InChI=1S/C15H13NO3/c1-19-15-9-5-3-7-13(15)11-10-12-6-2-4-8-14(12)16(17)18/h2-11H,1H3. The highest BCUT2D eigenvalue weighted by Gasteiger charge is 2.09. The van der Waals surface area contributed by atoms with Crippen LogP contribution >= 0.6 is 0 Å². The first-order chi connectivity index (χ1) is 9.22. The highest BCUT2D eigenvalue weighted by atomic mass is 16.6. The highest BCUT2D eigenvalue weighted by molar-refractivity contribution is 5.76. The molecule has 0 spiro atoms. The van der Waals surface area contributed by atoms with Gasteiger partial charge in [-0.05, 0) is 18.2 Å². The van der Waals surface area contributed by atoms with E-state index in [1.54, 1.807) is 37.5 Å². The summed E-state index contributed by atoms with van der Waals surface area (Å²) < 4.78 is 5.23. The fourth-order valence-electron chi connectivity index (χ4n) is 1.78. The summed E-state index contributed by atoms with van der Waals surface area (Å²) in [4.78, 5) is 10.5. The van der Waals surface area contributed by atoms with E-state index < -0.39 is 0 Å². The molecule has 0 aromatic heterocycles. The first kappa shape index (κ1) is 12.8. The minimum Gasteiger partial charge on any atom is -0.496 e. The first-order valence-electron chi connectivity index (χ1n) is 5.77. The molecule has 0 radical (unpaired) electrons. The van der Waals surface area contributed by atoms with E-state index in [9.17, 15) is 10.1 Å². The Bertz CT molecular complexity index is 620. The van der Waals surface area contributed by atoms with Gasteiger partial charge in [0.1, 0.15) is 5.75 Å². The monoisotopic (exact) mass is 255 g/mol. The summed E-state index contributed by atoms with van der Waals surface area (Å²) in [6.07, 6.45) is 3.52. The third-order valence-electron chi connectivity index (χ3n) is 2.71. The Hall–Kier alpha value is -2.62. The molecule has 0 amide bonds. The molecule has 0 aliphatic carbocycles. The third-order valence-corrected chi connectivity index (χ3v) is 2.71. The van der Waals surface area contributed by atoms with Crippen molar-refractivity contribution in [2.75, 3.05) is 7.11 Å². The molecule has 0 N–H and O–H groups in total. The largest absolute Gasteiger partial charge is 0.496 e. The van der Waals surface area contributed by atoms with Gasteiger partial charge in [0, 0.05) is 11.6 Å². The number of benzene rings is 2. The highest BCUT2D eigenvalue weighted by Crippen LogP contribution is 2.23. The van der Waals surface area contributed by atoms with Crippen LogP contribution in [0.15, 0.2) is 48.5 Å². The molecule has 96 valence electrons. The van der Waals surface area contributed by atoms with Crippen LogP contribution in [0, 0.1) is 10.1 Å². The summed E-state index contributed by atoms with van der Waals surface area (Å²) in [6, 6.07) is 14.1. The minimum absolute atomic E-state index is 0.0913. The second-order valence-corrected chi connectivity index (χ2v) is 3.89. The molecule has 0 heterocycles. The Morgan fingerprint density at radius 2 is 1.58 bits per heavy atom. The number of nitro benzene ring substituents is 1. The minimum atomic E-state index is -0.387. The molecule has 0 saturated heterocycles. The van der Waals surface area contributed by atoms with Gasteiger partial charge in [-0.25, -0.2) is 0 Å². The van der Waals surface area contributed by atoms with Gasteiger partial charge in [0.25, 0.3) is 5.69 Å². The number of methoxy groups -OCH3 is 1. The van der Waals surface area contributed by atoms with Crippen molar-refractivity contribution in [3.63, 3.8) is 0 Å². The molecule has 0 saturated carbocycles. The Morgan fingerprint density at radius 1 is 1.00 bits per heavy atom. The average molecular weight is 255 g/mol. The van der Waals surface area contributed by atoms with E-state index in [0.29, 0.717) is 5.56 Å². The summed E-state index contributed by atoms with van der Waals surface area (Å²) in [5.74, 6) is 0.734. The number of nitro groups is 1. The maximum Gasteiger partial charge on any atom is 0.276 e. The van der Waals surface area contributed by atoms with E-state index in [1.807, 2.05) is 24.3 Å². The fourth-order valence-corrected chi connectivity index (χ4v) is 1.78. The van der Waals surface area contributed by atoms with E-state index in [-0.39, 0.29) is 10.6 Å². The summed E-state index contributed by atoms with van der Waals surface area (Å²) in [5, 5.41) is 10.9. The molecule has 4 heteroatoms. The van der Waals surface area contributed by atoms with Crippen molar-refractivity contribution in [3.05, 3.63) is 69.8 Å². The van der Waals surface area contributed by atoms with Crippen LogP contribution in [-0.2, 0) is 0 Å². The van der Waals surface area contributed by atoms with Gasteiger partial charge < -0.3 is 4.74 Å². The molecule has 4 nitrogen and oxygen atoms in total. The van der Waals surface area contributed by atoms with Gasteiger partial charge in [-0.1, -0.05) is 36.4 Å². The van der Waals surface area contributed by atoms with Gasteiger partial charge >= 0.3 is 0 Å². The lowest BCUT2D eigenvalue weighted by molar-refractivity contribution is -0.385. The van der Waals surface area contributed by atoms with Gasteiger partial charge in [0.05, 0.1) is 17.6 Å². The van der Waals surface area contributed by atoms with Crippen LogP contribution in [0.3, 0.4) is 0 Å². The second-order valence-electron chi connectivity index (χ2n) is 3.89. The van der Waals surface area contributed by atoms with Crippen LogP contribution in [0.5, 0.6) is 5.75 Å². The van der Waals surface area contributed by atoms with Crippen molar-refractivity contribution < 1.29 is 9.66 Å². The number of ether oxygens (including phenoxy) is 1. The molecule has 19 heavy (non-hydrogen) atoms. The Kier molecular flexibility index (Phi) is 3.93. The topological polar surface area (TPSA) is 52.4 Å². The Labute approximate surface area is 111 Å². The van der Waals surface area contributed by atoms with E-state index in [0.717, 1.165) is 11.3 Å². The molecule has 2 aromatic rings. The van der Waals surface area contributed by atoms with Crippen LogP contribution in [0.1, 0.15) is 11.1 Å². The van der Waals surface area contributed by atoms with E-state index >= 15 is 0 Å². The third kappa shape index (κ3) is 2.98. The molecule has 2 rings (SSSR count). The Morgan fingerprint density at radius 3 is 2.26 bits per heavy atom. The molecule has 0 fully saturated rings. The lowest BCUT2D eigenvalue weighted by Crippen LogP contribution is -1.90. The van der Waals surface area contributed by atoms with Gasteiger partial charge in [0.2, 0.25) is 0 Å². The molecule has 0 unspecified atom stereocenters. The van der Waals surface area contributed by atoms with Crippen molar-refractivity contribution >= 4 is 17.8 Å². The molecule has 0 aliphatic heterocycles. The average Bonchev–Trinajstić information content (AvgIpc) is 2.45. The number of nitrogens with zero attached hydrogens (tertiary/aromatic N) is 1. The van der Waals surface area contributed by atoms with Crippen LogP contribution in [-0.4, -0.2) is 12.0 Å². The maximum atomic E-state index is 10.9. The van der Waals surface area contributed by atoms with Crippen LogP contribution in [0.4, 0.5) is 5.69 Å². The smallest absolute Gasteiger partial charge is 0.276 e. The lowest BCUT2D eigenvalue weighted by atomic mass is 10.1. The fraction of sp³-hybridized carbons (Fsp3) is 0.0667. The zero-order chi connectivity index (χ0) is 13.7. The number of hydrogen-bond acceptors (Lipinski definition) is 3. The number of hydrogen-bond donors (Lipinski definition) is 0. The van der Waals surface area contributed by atoms with Crippen molar-refractivity contribution in [2.45, 2.75) is 0 Å². The molecule has 0 atom stereocenters. The SMILES string of the molecule is COc1ccccc1C=Cc1ccccc1[N+](=O)[O-]. The number of para-hydroxylation sites is 2. The quantitative estimate of drug-likeness (QED) is 0.474. The van der Waals surface area contributed by atoms with Gasteiger partial charge in [0.15, 0.2) is 0 Å². The Balaban J connectivity index is 2.35. The van der Waals surface area contributed by atoms with Crippen molar-refractivity contribution in [2.24, 2.45) is 0 Å². The molecule has 2 aromatic carbocycles. The predicted molar refractivity (Wildman–Crippen MR) is 75.0 cm³/mol. The molecular weight excluding hydrogens is 242 g/mol. The summed E-state index contributed by atoms with van der Waals surface area (Å²) in [5.41, 5.74) is 1.54. The zero-order valence-electron chi connectivity index (χ0n) is 10.4. The maximum absolute atomic E-state index is 10.9. The van der Waals surface area contributed by atoms with Crippen LogP contribution < -0.4 is 4.74 Å². The zero-order valence-corrected chi connectivity index (χ0v) is 10.4. The van der Waals surface area contributed by atoms with Crippen molar-refractivity contribution in [1.82, 2.24) is 0 Å².